The number of benzene rings is 2. The number of aromatic nitrogens is 3. The third kappa shape index (κ3) is 5.20. The van der Waals surface area contributed by atoms with Gasteiger partial charge in [-0.1, -0.05) is 23.8 Å². The van der Waals surface area contributed by atoms with Crippen LogP contribution in [-0.2, 0) is 16.6 Å². The maximum absolute atomic E-state index is 12.9. The zero-order valence-corrected chi connectivity index (χ0v) is 17.3. The largest absolute Gasteiger partial charge is 0.348 e. The Kier molecular flexibility index (Phi) is 5.97. The van der Waals surface area contributed by atoms with Crippen molar-refractivity contribution in [2.45, 2.75) is 38.3 Å². The summed E-state index contributed by atoms with van der Waals surface area (Å²) in [6.45, 7) is 5.91. The Morgan fingerprint density at radius 3 is 2.52 bits per heavy atom. The average Bonchev–Trinajstić information content (AvgIpc) is 3.16. The Hall–Kier alpha value is -3.20. The van der Waals surface area contributed by atoms with E-state index < -0.39 is 10.0 Å². The highest BCUT2D eigenvalue weighted by Gasteiger charge is 2.20. The van der Waals surface area contributed by atoms with Crippen LogP contribution in [0.4, 0.5) is 5.69 Å². The van der Waals surface area contributed by atoms with Crippen LogP contribution in [0.2, 0.25) is 0 Å². The van der Waals surface area contributed by atoms with Crippen molar-refractivity contribution in [1.29, 1.82) is 0 Å². The number of aryl methyl sites for hydroxylation is 2. The molecule has 0 aliphatic rings. The maximum Gasteiger partial charge on any atom is 0.262 e. The number of carbonyl (C=O) groups is 1. The van der Waals surface area contributed by atoms with Crippen LogP contribution in [0, 0.1) is 13.8 Å². The molecule has 1 heterocycles. The molecule has 1 amide bonds. The lowest BCUT2D eigenvalue weighted by atomic mass is 10.1. The quantitative estimate of drug-likeness (QED) is 0.619. The van der Waals surface area contributed by atoms with Gasteiger partial charge in [0.05, 0.1) is 11.4 Å². The molecule has 2 aromatic carbocycles. The number of anilines is 1. The van der Waals surface area contributed by atoms with Gasteiger partial charge in [-0.3, -0.25) is 14.2 Å². The van der Waals surface area contributed by atoms with E-state index in [1.807, 2.05) is 26.0 Å². The minimum absolute atomic E-state index is 0.0645. The van der Waals surface area contributed by atoms with Gasteiger partial charge in [0.15, 0.2) is 0 Å². The van der Waals surface area contributed by atoms with Gasteiger partial charge >= 0.3 is 0 Å². The molecular weight excluding hydrogens is 390 g/mol. The minimum atomic E-state index is -3.83. The van der Waals surface area contributed by atoms with Crippen LogP contribution in [0.3, 0.4) is 0 Å². The van der Waals surface area contributed by atoms with Gasteiger partial charge in [-0.2, -0.15) is 5.10 Å². The summed E-state index contributed by atoms with van der Waals surface area (Å²) in [5, 5.41) is 6.85. The summed E-state index contributed by atoms with van der Waals surface area (Å²) in [7, 11) is -3.83. The third-order valence-electron chi connectivity index (χ3n) is 4.35. The van der Waals surface area contributed by atoms with E-state index in [1.54, 1.807) is 42.2 Å². The summed E-state index contributed by atoms with van der Waals surface area (Å²) in [5.41, 5.74) is 2.32. The summed E-state index contributed by atoms with van der Waals surface area (Å²) >= 11 is 0. The van der Waals surface area contributed by atoms with Gasteiger partial charge in [-0.25, -0.2) is 13.4 Å². The van der Waals surface area contributed by atoms with Gasteiger partial charge < -0.3 is 5.32 Å². The van der Waals surface area contributed by atoms with Crippen molar-refractivity contribution in [1.82, 2.24) is 20.1 Å². The zero-order valence-electron chi connectivity index (χ0n) is 16.5. The Bertz CT molecular complexity index is 1090. The van der Waals surface area contributed by atoms with Crippen LogP contribution in [0.1, 0.15) is 28.4 Å². The first kappa shape index (κ1) is 20.5. The lowest BCUT2D eigenvalue weighted by Gasteiger charge is -2.15. The Balaban J connectivity index is 1.77. The molecule has 8 nitrogen and oxygen atoms in total. The lowest BCUT2D eigenvalue weighted by molar-refractivity contribution is 0.0935. The highest BCUT2D eigenvalue weighted by atomic mass is 32.2. The molecule has 0 aliphatic carbocycles. The van der Waals surface area contributed by atoms with Crippen LogP contribution < -0.4 is 10.0 Å². The smallest absolute Gasteiger partial charge is 0.262 e. The molecule has 1 aromatic heterocycles. The molecule has 2 N–H and O–H groups in total. The van der Waals surface area contributed by atoms with E-state index in [0.717, 1.165) is 5.56 Å². The normalized spacial score (nSPS) is 12.4. The van der Waals surface area contributed by atoms with Crippen LogP contribution in [-0.4, -0.2) is 35.1 Å². The predicted molar refractivity (Wildman–Crippen MR) is 110 cm³/mol. The molecule has 0 fully saturated rings. The Morgan fingerprint density at radius 1 is 1.14 bits per heavy atom. The molecule has 0 spiro atoms. The number of rotatable bonds is 7. The first-order valence-electron chi connectivity index (χ1n) is 9.08. The Labute approximate surface area is 170 Å². The second-order valence-electron chi connectivity index (χ2n) is 6.94. The molecular formula is C20H23N5O3S. The van der Waals surface area contributed by atoms with Crippen molar-refractivity contribution in [2.24, 2.45) is 0 Å². The van der Waals surface area contributed by atoms with Gasteiger partial charge in [-0.15, -0.1) is 0 Å². The molecule has 0 radical (unpaired) electrons. The van der Waals surface area contributed by atoms with E-state index in [1.165, 1.54) is 12.4 Å². The van der Waals surface area contributed by atoms with Crippen molar-refractivity contribution in [2.75, 3.05) is 4.72 Å². The second-order valence-corrected chi connectivity index (χ2v) is 8.59. The van der Waals surface area contributed by atoms with E-state index in [4.69, 9.17) is 0 Å². The van der Waals surface area contributed by atoms with Gasteiger partial charge in [0.25, 0.3) is 15.9 Å². The molecule has 1 unspecified atom stereocenters. The summed E-state index contributed by atoms with van der Waals surface area (Å²) in [6, 6.07) is 11.5. The SMILES string of the molecule is Cc1ccc(NS(=O)(=O)c2cc(C(=O)NC(C)Cn3cncn3)ccc2C)cc1. The van der Waals surface area contributed by atoms with Crippen molar-refractivity contribution >= 4 is 21.6 Å². The van der Waals surface area contributed by atoms with Crippen LogP contribution >= 0.6 is 0 Å². The topological polar surface area (TPSA) is 106 Å². The molecule has 1 atom stereocenters. The van der Waals surface area contributed by atoms with Gasteiger partial charge in [-0.05, 0) is 50.6 Å². The van der Waals surface area contributed by atoms with Crippen molar-refractivity contribution < 1.29 is 13.2 Å². The molecule has 3 aromatic rings. The van der Waals surface area contributed by atoms with E-state index in [2.05, 4.69) is 20.1 Å². The first-order chi connectivity index (χ1) is 13.7. The third-order valence-corrected chi connectivity index (χ3v) is 5.87. The highest BCUT2D eigenvalue weighted by Crippen LogP contribution is 2.21. The monoisotopic (exact) mass is 413 g/mol. The molecule has 0 aliphatic heterocycles. The summed E-state index contributed by atoms with van der Waals surface area (Å²) in [6.07, 6.45) is 2.99. The fourth-order valence-corrected chi connectivity index (χ4v) is 4.15. The fraction of sp³-hybridized carbons (Fsp3) is 0.250. The molecule has 0 saturated heterocycles. The van der Waals surface area contributed by atoms with E-state index in [9.17, 15) is 13.2 Å². The summed E-state index contributed by atoms with van der Waals surface area (Å²) in [5.74, 6) is -0.357. The van der Waals surface area contributed by atoms with Gasteiger partial charge in [0.2, 0.25) is 0 Å². The number of sulfonamides is 1. The molecule has 152 valence electrons. The Morgan fingerprint density at radius 2 is 1.86 bits per heavy atom. The molecule has 29 heavy (non-hydrogen) atoms. The van der Waals surface area contributed by atoms with E-state index in [0.29, 0.717) is 17.8 Å². The number of hydrogen-bond acceptors (Lipinski definition) is 5. The maximum atomic E-state index is 12.9. The number of carbonyl (C=O) groups excluding carboxylic acids is 1. The fourth-order valence-electron chi connectivity index (χ4n) is 2.82. The van der Waals surface area contributed by atoms with Crippen molar-refractivity contribution in [3.05, 3.63) is 71.8 Å². The average molecular weight is 414 g/mol. The lowest BCUT2D eigenvalue weighted by Crippen LogP contribution is -2.36. The molecule has 0 saturated carbocycles. The predicted octanol–water partition coefficient (Wildman–Crippen LogP) is 2.51. The van der Waals surface area contributed by atoms with Crippen LogP contribution in [0.25, 0.3) is 0 Å². The zero-order chi connectivity index (χ0) is 21.0. The molecule has 9 heteroatoms. The highest BCUT2D eigenvalue weighted by molar-refractivity contribution is 7.92. The second kappa shape index (κ2) is 8.44. The molecule has 0 bridgehead atoms. The van der Waals surface area contributed by atoms with Crippen molar-refractivity contribution in [3.8, 4) is 0 Å². The minimum Gasteiger partial charge on any atom is -0.348 e. The van der Waals surface area contributed by atoms with Crippen molar-refractivity contribution in [3.63, 3.8) is 0 Å². The number of nitrogens with one attached hydrogen (secondary N) is 2. The summed E-state index contributed by atoms with van der Waals surface area (Å²) in [4.78, 5) is 16.5. The molecule has 3 rings (SSSR count). The standard InChI is InChI=1S/C20H23N5O3S/c1-14-4-8-18(9-5-14)24-29(27,28)19-10-17(7-6-15(19)2)20(26)23-16(3)11-25-13-21-12-22-25/h4-10,12-13,16,24H,11H2,1-3H3,(H,23,26). The van der Waals surface area contributed by atoms with E-state index >= 15 is 0 Å². The van der Waals surface area contributed by atoms with Gasteiger partial charge in [0.1, 0.15) is 12.7 Å². The number of hydrogen-bond donors (Lipinski definition) is 2. The van der Waals surface area contributed by atoms with Crippen LogP contribution in [0.15, 0.2) is 60.0 Å². The number of nitrogens with zero attached hydrogens (tertiary/aromatic N) is 3. The first-order valence-corrected chi connectivity index (χ1v) is 10.6. The number of amides is 1. The van der Waals surface area contributed by atoms with Crippen LogP contribution in [0.5, 0.6) is 0 Å². The summed E-state index contributed by atoms with van der Waals surface area (Å²) < 4.78 is 29.9. The van der Waals surface area contributed by atoms with E-state index in [-0.39, 0.29) is 22.4 Å². The van der Waals surface area contributed by atoms with Gasteiger partial charge in [0, 0.05) is 17.3 Å².